The van der Waals surface area contributed by atoms with Crippen LogP contribution < -0.4 is 15.0 Å². The molecular weight excluding hydrogens is 597 g/mol. The standard InChI is InChI=1S/C31H27Cl2N3O5S/c32-24-13-15-26(16-14-24)42(39,40)35(19-23-9-6-10-25(33)17-23)21-30(37)36-20-29(41-28-12-5-4-11-27(28)36)31(38)34-18-22-7-2-1-3-8-22/h1-17,29H,18-21H2,(H,34,38). The summed E-state index contributed by atoms with van der Waals surface area (Å²) in [5.41, 5.74) is 1.97. The lowest BCUT2D eigenvalue weighted by Gasteiger charge is -2.35. The number of halogens is 2. The van der Waals surface area contributed by atoms with Crippen LogP contribution in [0.25, 0.3) is 0 Å². The molecule has 1 atom stereocenters. The fourth-order valence-electron chi connectivity index (χ4n) is 4.56. The molecule has 216 valence electrons. The molecule has 0 radical (unpaired) electrons. The summed E-state index contributed by atoms with van der Waals surface area (Å²) in [6.07, 6.45) is -0.998. The van der Waals surface area contributed by atoms with Gasteiger partial charge >= 0.3 is 0 Å². The zero-order valence-corrected chi connectivity index (χ0v) is 24.6. The molecule has 4 aromatic carbocycles. The average Bonchev–Trinajstić information content (AvgIpc) is 2.99. The second-order valence-corrected chi connectivity index (χ2v) is 12.4. The van der Waals surface area contributed by atoms with Crippen molar-refractivity contribution in [3.05, 3.63) is 124 Å². The van der Waals surface area contributed by atoms with Crippen LogP contribution in [0.3, 0.4) is 0 Å². The fourth-order valence-corrected chi connectivity index (χ4v) is 6.28. The first-order valence-corrected chi connectivity index (χ1v) is 15.3. The normalized spacial score (nSPS) is 14.6. The van der Waals surface area contributed by atoms with Crippen LogP contribution in [-0.2, 0) is 32.7 Å². The zero-order chi connectivity index (χ0) is 29.7. The topological polar surface area (TPSA) is 96.0 Å². The second kappa shape index (κ2) is 13.0. The van der Waals surface area contributed by atoms with Gasteiger partial charge in [-0.15, -0.1) is 0 Å². The summed E-state index contributed by atoms with van der Waals surface area (Å²) < 4.78 is 34.6. The molecule has 11 heteroatoms. The third-order valence-corrected chi connectivity index (χ3v) is 8.98. The van der Waals surface area contributed by atoms with Crippen LogP contribution in [0.4, 0.5) is 5.69 Å². The molecule has 1 aliphatic rings. The molecule has 0 aliphatic carbocycles. The van der Waals surface area contributed by atoms with E-state index in [1.54, 1.807) is 48.5 Å². The number of amides is 2. The van der Waals surface area contributed by atoms with Crippen molar-refractivity contribution >= 4 is 50.7 Å². The lowest BCUT2D eigenvalue weighted by Crippen LogP contribution is -2.52. The van der Waals surface area contributed by atoms with Crippen molar-refractivity contribution < 1.29 is 22.7 Å². The van der Waals surface area contributed by atoms with Crippen molar-refractivity contribution in [1.82, 2.24) is 9.62 Å². The van der Waals surface area contributed by atoms with Crippen LogP contribution in [0.5, 0.6) is 5.75 Å². The Labute approximate surface area is 254 Å². The van der Waals surface area contributed by atoms with Gasteiger partial charge in [0.2, 0.25) is 15.9 Å². The van der Waals surface area contributed by atoms with Crippen molar-refractivity contribution in [3.63, 3.8) is 0 Å². The van der Waals surface area contributed by atoms with E-state index in [2.05, 4.69) is 5.32 Å². The number of rotatable bonds is 9. The molecule has 0 saturated carbocycles. The molecule has 8 nitrogen and oxygen atoms in total. The van der Waals surface area contributed by atoms with Crippen LogP contribution in [0.2, 0.25) is 10.0 Å². The Morgan fingerprint density at radius 2 is 1.55 bits per heavy atom. The van der Waals surface area contributed by atoms with Crippen molar-refractivity contribution in [1.29, 1.82) is 0 Å². The van der Waals surface area contributed by atoms with Gasteiger partial charge in [-0.05, 0) is 59.7 Å². The van der Waals surface area contributed by atoms with Gasteiger partial charge in [0.1, 0.15) is 5.75 Å². The molecule has 0 aromatic heterocycles. The van der Waals surface area contributed by atoms with Gasteiger partial charge in [0, 0.05) is 23.1 Å². The molecule has 0 fully saturated rings. The number of carbonyl (C=O) groups excluding carboxylic acids is 2. The number of ether oxygens (including phenoxy) is 1. The Bertz CT molecular complexity index is 1680. The number of hydrogen-bond acceptors (Lipinski definition) is 5. The highest BCUT2D eigenvalue weighted by molar-refractivity contribution is 7.89. The predicted molar refractivity (Wildman–Crippen MR) is 162 cm³/mol. The van der Waals surface area contributed by atoms with E-state index >= 15 is 0 Å². The summed E-state index contributed by atoms with van der Waals surface area (Å²) >= 11 is 12.2. The molecular formula is C31H27Cl2N3O5S. The van der Waals surface area contributed by atoms with E-state index in [-0.39, 0.29) is 18.0 Å². The summed E-state index contributed by atoms with van der Waals surface area (Å²) in [6, 6.07) is 28.8. The SMILES string of the molecule is O=C(NCc1ccccc1)C1CN(C(=O)CN(Cc2cccc(Cl)c2)S(=O)(=O)c2ccc(Cl)cc2)c2ccccc2O1. The first kappa shape index (κ1) is 29.6. The van der Waals surface area contributed by atoms with Gasteiger partial charge in [0.25, 0.3) is 5.91 Å². The number of benzene rings is 4. The maximum Gasteiger partial charge on any atom is 0.263 e. The molecule has 4 aromatic rings. The maximum absolute atomic E-state index is 13.9. The third-order valence-electron chi connectivity index (χ3n) is 6.69. The molecule has 1 aliphatic heterocycles. The Morgan fingerprint density at radius 3 is 2.29 bits per heavy atom. The molecule has 1 heterocycles. The summed E-state index contributed by atoms with van der Waals surface area (Å²) in [5.74, 6) is -0.569. The molecule has 2 amide bonds. The minimum Gasteiger partial charge on any atom is -0.477 e. The molecule has 42 heavy (non-hydrogen) atoms. The van der Waals surface area contributed by atoms with Crippen molar-refractivity contribution in [2.75, 3.05) is 18.0 Å². The van der Waals surface area contributed by atoms with Crippen LogP contribution in [-0.4, -0.2) is 43.7 Å². The summed E-state index contributed by atoms with van der Waals surface area (Å²) in [4.78, 5) is 28.4. The van der Waals surface area contributed by atoms with Crippen molar-refractivity contribution in [2.24, 2.45) is 0 Å². The Hall–Kier alpha value is -3.89. The van der Waals surface area contributed by atoms with Crippen LogP contribution in [0.1, 0.15) is 11.1 Å². The van der Waals surface area contributed by atoms with Gasteiger partial charge in [-0.3, -0.25) is 9.59 Å². The molecule has 0 spiro atoms. The Morgan fingerprint density at radius 1 is 0.857 bits per heavy atom. The summed E-state index contributed by atoms with van der Waals surface area (Å²) in [5, 5.41) is 3.68. The monoisotopic (exact) mass is 623 g/mol. The number of nitrogens with one attached hydrogen (secondary N) is 1. The lowest BCUT2D eigenvalue weighted by atomic mass is 10.1. The van der Waals surface area contributed by atoms with Crippen LogP contribution >= 0.6 is 23.2 Å². The van der Waals surface area contributed by atoms with E-state index in [0.717, 1.165) is 9.87 Å². The molecule has 5 rings (SSSR count). The number of hydrogen-bond donors (Lipinski definition) is 1. The highest BCUT2D eigenvalue weighted by Gasteiger charge is 2.36. The van der Waals surface area contributed by atoms with Gasteiger partial charge in [-0.25, -0.2) is 8.42 Å². The number of para-hydroxylation sites is 2. The first-order chi connectivity index (χ1) is 20.2. The second-order valence-electron chi connectivity index (χ2n) is 9.64. The zero-order valence-electron chi connectivity index (χ0n) is 22.3. The predicted octanol–water partition coefficient (Wildman–Crippen LogP) is 5.29. The van der Waals surface area contributed by atoms with Gasteiger partial charge < -0.3 is 15.0 Å². The highest BCUT2D eigenvalue weighted by Crippen LogP contribution is 2.34. The number of fused-ring (bicyclic) bond motifs is 1. The quantitative estimate of drug-likeness (QED) is 0.273. The van der Waals surface area contributed by atoms with Crippen LogP contribution in [0, 0.1) is 0 Å². The largest absolute Gasteiger partial charge is 0.477 e. The molecule has 1 N–H and O–H groups in total. The number of nitrogens with zero attached hydrogens (tertiary/aromatic N) is 2. The van der Waals surface area contributed by atoms with E-state index in [4.69, 9.17) is 27.9 Å². The van der Waals surface area contributed by atoms with E-state index < -0.39 is 34.5 Å². The van der Waals surface area contributed by atoms with E-state index in [9.17, 15) is 18.0 Å². The van der Waals surface area contributed by atoms with E-state index in [1.165, 1.54) is 29.2 Å². The number of anilines is 1. The van der Waals surface area contributed by atoms with E-state index in [0.29, 0.717) is 33.6 Å². The third kappa shape index (κ3) is 6.94. The number of sulfonamides is 1. The smallest absolute Gasteiger partial charge is 0.263 e. The van der Waals surface area contributed by atoms with E-state index in [1.807, 2.05) is 30.3 Å². The number of carbonyl (C=O) groups is 2. The molecule has 0 saturated heterocycles. The summed E-state index contributed by atoms with van der Waals surface area (Å²) in [7, 11) is -4.14. The van der Waals surface area contributed by atoms with Gasteiger partial charge in [0.05, 0.1) is 23.7 Å². The van der Waals surface area contributed by atoms with Crippen molar-refractivity contribution in [2.45, 2.75) is 24.1 Å². The maximum atomic E-state index is 13.9. The highest BCUT2D eigenvalue weighted by atomic mass is 35.5. The van der Waals surface area contributed by atoms with Gasteiger partial charge in [-0.1, -0.05) is 77.8 Å². The Kier molecular flexibility index (Phi) is 9.13. The van der Waals surface area contributed by atoms with Crippen LogP contribution in [0.15, 0.2) is 108 Å². The van der Waals surface area contributed by atoms with Gasteiger partial charge in [0.15, 0.2) is 6.10 Å². The van der Waals surface area contributed by atoms with Crippen molar-refractivity contribution in [3.8, 4) is 5.75 Å². The molecule has 0 bridgehead atoms. The first-order valence-electron chi connectivity index (χ1n) is 13.1. The minimum absolute atomic E-state index is 0.0118. The summed E-state index contributed by atoms with van der Waals surface area (Å²) in [6.45, 7) is -0.404. The lowest BCUT2D eigenvalue weighted by molar-refractivity contribution is -0.128. The average molecular weight is 625 g/mol. The molecule has 1 unspecified atom stereocenters. The minimum atomic E-state index is -4.14. The van der Waals surface area contributed by atoms with Gasteiger partial charge in [-0.2, -0.15) is 4.31 Å². The fraction of sp³-hybridized carbons (Fsp3) is 0.161. The Balaban J connectivity index is 1.41.